The number of benzene rings is 1. The van der Waals surface area contributed by atoms with Gasteiger partial charge in [0.1, 0.15) is 11.5 Å². The van der Waals surface area contributed by atoms with Gasteiger partial charge in [0.15, 0.2) is 17.3 Å². The Labute approximate surface area is 178 Å². The standard InChI is InChI=1S/C22H24FN5O3/c1-12(29)14-11-28(13-6-7-13)20-16(21(14)30)18(24)17(23)19(22(20)31-2)27-10-9-26-15-5-3-4-8-25-15/h3-5,8,11,13,27H,6-7,9-10,24H2,1-2H3,(H,25,26). The van der Waals surface area contributed by atoms with E-state index in [0.29, 0.717) is 24.4 Å². The van der Waals surface area contributed by atoms with Gasteiger partial charge in [0.05, 0.1) is 29.3 Å². The molecule has 0 amide bonds. The first kappa shape index (κ1) is 20.6. The fourth-order valence-electron chi connectivity index (χ4n) is 3.67. The molecule has 0 atom stereocenters. The number of nitrogens with zero attached hydrogens (tertiary/aromatic N) is 2. The number of halogens is 1. The summed E-state index contributed by atoms with van der Waals surface area (Å²) in [5.74, 6) is -0.266. The van der Waals surface area contributed by atoms with Gasteiger partial charge in [0.2, 0.25) is 5.43 Å². The number of ketones is 1. The quantitative estimate of drug-likeness (QED) is 0.289. The molecule has 1 aliphatic rings. The Hall–Kier alpha value is -3.62. The van der Waals surface area contributed by atoms with Gasteiger partial charge >= 0.3 is 0 Å². The molecule has 162 valence electrons. The summed E-state index contributed by atoms with van der Waals surface area (Å²) < 4.78 is 22.6. The van der Waals surface area contributed by atoms with Crippen molar-refractivity contribution in [2.45, 2.75) is 25.8 Å². The number of nitrogen functional groups attached to an aromatic ring is 1. The molecule has 8 nitrogen and oxygen atoms in total. The molecule has 1 aliphatic carbocycles. The van der Waals surface area contributed by atoms with E-state index in [1.807, 2.05) is 22.8 Å². The summed E-state index contributed by atoms with van der Waals surface area (Å²) in [6.45, 7) is 2.14. The maximum atomic E-state index is 15.3. The van der Waals surface area contributed by atoms with E-state index in [4.69, 9.17) is 10.5 Å². The van der Waals surface area contributed by atoms with Gasteiger partial charge in [-0.3, -0.25) is 9.59 Å². The molecule has 1 aromatic carbocycles. The maximum Gasteiger partial charge on any atom is 0.202 e. The third-order valence-corrected chi connectivity index (χ3v) is 5.32. The normalized spacial score (nSPS) is 13.3. The van der Waals surface area contributed by atoms with Crippen LogP contribution in [0.15, 0.2) is 35.4 Å². The fraction of sp³-hybridized carbons (Fsp3) is 0.318. The Balaban J connectivity index is 1.77. The van der Waals surface area contributed by atoms with Crippen LogP contribution in [0, 0.1) is 5.82 Å². The minimum atomic E-state index is -0.776. The average molecular weight is 425 g/mol. The first-order chi connectivity index (χ1) is 14.9. The van der Waals surface area contributed by atoms with E-state index >= 15 is 4.39 Å². The molecule has 4 rings (SSSR count). The maximum absolute atomic E-state index is 15.3. The number of hydrogen-bond donors (Lipinski definition) is 3. The van der Waals surface area contributed by atoms with Crippen molar-refractivity contribution >= 4 is 33.9 Å². The van der Waals surface area contributed by atoms with Crippen LogP contribution in [0.25, 0.3) is 10.9 Å². The van der Waals surface area contributed by atoms with E-state index in [9.17, 15) is 9.59 Å². The molecule has 2 heterocycles. The molecule has 4 N–H and O–H groups in total. The van der Waals surface area contributed by atoms with Crippen molar-refractivity contribution < 1.29 is 13.9 Å². The summed E-state index contributed by atoms with van der Waals surface area (Å²) in [6.07, 6.45) is 5.00. The Kier molecular flexibility index (Phi) is 5.50. The number of rotatable bonds is 8. The van der Waals surface area contributed by atoms with Crippen LogP contribution < -0.4 is 26.5 Å². The molecule has 0 aliphatic heterocycles. The summed E-state index contributed by atoms with van der Waals surface area (Å²) in [6, 6.07) is 5.62. The smallest absolute Gasteiger partial charge is 0.202 e. The van der Waals surface area contributed by atoms with Gasteiger partial charge in [-0.2, -0.15) is 0 Å². The van der Waals surface area contributed by atoms with Gasteiger partial charge < -0.3 is 25.7 Å². The highest BCUT2D eigenvalue weighted by atomic mass is 19.1. The van der Waals surface area contributed by atoms with Gasteiger partial charge in [-0.15, -0.1) is 0 Å². The van der Waals surface area contributed by atoms with Crippen molar-refractivity contribution in [3.63, 3.8) is 0 Å². The SMILES string of the molecule is COc1c(NCCNc2ccccn2)c(F)c(N)c2c(=O)c(C(C)=O)cn(C3CC3)c12. The highest BCUT2D eigenvalue weighted by molar-refractivity contribution is 6.04. The number of carbonyl (C=O) groups is 1. The van der Waals surface area contributed by atoms with Gasteiger partial charge in [-0.05, 0) is 31.9 Å². The highest BCUT2D eigenvalue weighted by Gasteiger charge is 2.31. The van der Waals surface area contributed by atoms with Crippen LogP contribution in [-0.4, -0.2) is 35.5 Å². The van der Waals surface area contributed by atoms with Gasteiger partial charge in [-0.1, -0.05) is 6.07 Å². The Morgan fingerprint density at radius 2 is 2.06 bits per heavy atom. The second-order valence-corrected chi connectivity index (χ2v) is 7.49. The third-order valence-electron chi connectivity index (χ3n) is 5.32. The zero-order valence-electron chi connectivity index (χ0n) is 17.4. The molecule has 0 spiro atoms. The van der Waals surface area contributed by atoms with Crippen molar-refractivity contribution in [2.75, 3.05) is 36.6 Å². The summed E-state index contributed by atoms with van der Waals surface area (Å²) in [5.41, 5.74) is 5.68. The number of hydrogen-bond acceptors (Lipinski definition) is 7. The molecule has 9 heteroatoms. The molecular formula is C22H24FN5O3. The molecule has 0 radical (unpaired) electrons. The molecule has 1 fully saturated rings. The summed E-state index contributed by atoms with van der Waals surface area (Å²) in [5, 5.41) is 6.14. The van der Waals surface area contributed by atoms with E-state index in [0.717, 1.165) is 12.8 Å². The fourth-order valence-corrected chi connectivity index (χ4v) is 3.67. The zero-order valence-corrected chi connectivity index (χ0v) is 17.4. The number of ether oxygens (including phenoxy) is 1. The van der Waals surface area contributed by atoms with E-state index in [2.05, 4.69) is 15.6 Å². The Bertz CT molecular complexity index is 1210. The van der Waals surface area contributed by atoms with Crippen LogP contribution in [0.1, 0.15) is 36.2 Å². The van der Waals surface area contributed by atoms with Crippen molar-refractivity contribution in [2.24, 2.45) is 0 Å². The molecular weight excluding hydrogens is 401 g/mol. The second-order valence-electron chi connectivity index (χ2n) is 7.49. The van der Waals surface area contributed by atoms with E-state index in [1.165, 1.54) is 20.2 Å². The van der Waals surface area contributed by atoms with Crippen LogP contribution in [0.3, 0.4) is 0 Å². The Morgan fingerprint density at radius 1 is 1.32 bits per heavy atom. The van der Waals surface area contributed by atoms with Crippen LogP contribution in [0.5, 0.6) is 5.75 Å². The number of methoxy groups -OCH3 is 1. The molecule has 1 saturated carbocycles. The molecule has 3 aromatic rings. The van der Waals surface area contributed by atoms with Crippen molar-refractivity contribution in [3.8, 4) is 5.75 Å². The second kappa shape index (κ2) is 8.25. The van der Waals surface area contributed by atoms with Crippen LogP contribution in [0.4, 0.5) is 21.6 Å². The van der Waals surface area contributed by atoms with E-state index in [1.54, 1.807) is 6.20 Å². The summed E-state index contributed by atoms with van der Waals surface area (Å²) in [4.78, 5) is 29.1. The van der Waals surface area contributed by atoms with Gasteiger partial charge in [0.25, 0.3) is 0 Å². The van der Waals surface area contributed by atoms with Crippen molar-refractivity contribution in [3.05, 3.63) is 52.2 Å². The zero-order chi connectivity index (χ0) is 22.1. The van der Waals surface area contributed by atoms with Crippen molar-refractivity contribution in [1.82, 2.24) is 9.55 Å². The molecule has 0 saturated heterocycles. The number of nitrogens with two attached hydrogens (primary N) is 1. The lowest BCUT2D eigenvalue weighted by Crippen LogP contribution is -2.21. The van der Waals surface area contributed by atoms with Crippen LogP contribution in [-0.2, 0) is 0 Å². The molecule has 0 bridgehead atoms. The van der Waals surface area contributed by atoms with Gasteiger partial charge in [0, 0.05) is 31.5 Å². The lowest BCUT2D eigenvalue weighted by Gasteiger charge is -2.20. The highest BCUT2D eigenvalue weighted by Crippen LogP contribution is 2.44. The predicted molar refractivity (Wildman–Crippen MR) is 119 cm³/mol. The topological polar surface area (TPSA) is 111 Å². The monoisotopic (exact) mass is 425 g/mol. The Morgan fingerprint density at radius 3 is 2.68 bits per heavy atom. The first-order valence-electron chi connectivity index (χ1n) is 10.1. The summed E-state index contributed by atoms with van der Waals surface area (Å²) >= 11 is 0. The minimum Gasteiger partial charge on any atom is -0.492 e. The number of nitrogens with one attached hydrogen (secondary N) is 2. The largest absolute Gasteiger partial charge is 0.492 e. The van der Waals surface area contributed by atoms with E-state index in [-0.39, 0.29) is 39.9 Å². The number of pyridine rings is 2. The minimum absolute atomic E-state index is 0.00665. The average Bonchev–Trinajstić information content (AvgIpc) is 3.60. The lowest BCUT2D eigenvalue weighted by molar-refractivity contribution is 0.101. The van der Waals surface area contributed by atoms with E-state index < -0.39 is 11.2 Å². The molecule has 0 unspecified atom stereocenters. The number of carbonyl (C=O) groups excluding carboxylic acids is 1. The number of Topliss-reactive ketones (excluding diaryl/α,β-unsaturated/α-hetero) is 1. The number of fused-ring (bicyclic) bond motifs is 1. The third kappa shape index (κ3) is 3.78. The molecule has 31 heavy (non-hydrogen) atoms. The first-order valence-corrected chi connectivity index (χ1v) is 10.1. The van der Waals surface area contributed by atoms with Gasteiger partial charge in [-0.25, -0.2) is 9.37 Å². The predicted octanol–water partition coefficient (Wildman–Crippen LogP) is 3.19. The number of anilines is 3. The molecule has 2 aromatic heterocycles. The summed E-state index contributed by atoms with van der Waals surface area (Å²) in [7, 11) is 1.42. The van der Waals surface area contributed by atoms with Crippen LogP contribution in [0.2, 0.25) is 0 Å². The van der Waals surface area contributed by atoms with Crippen LogP contribution >= 0.6 is 0 Å². The van der Waals surface area contributed by atoms with Crippen molar-refractivity contribution in [1.29, 1.82) is 0 Å². The number of aromatic nitrogens is 2. The lowest BCUT2D eigenvalue weighted by atomic mass is 10.0.